The second-order valence-corrected chi connectivity index (χ2v) is 8.85. The first kappa shape index (κ1) is 22.2. The number of nitrogens with zero attached hydrogens (tertiary/aromatic N) is 1. The van der Waals surface area contributed by atoms with Crippen LogP contribution in [0.5, 0.6) is 0 Å². The molecule has 0 aliphatic carbocycles. The van der Waals surface area contributed by atoms with Gasteiger partial charge in [-0.05, 0) is 66.7 Å². The molecule has 0 unspecified atom stereocenters. The highest BCUT2D eigenvalue weighted by molar-refractivity contribution is 8.18. The Labute approximate surface area is 198 Å². The maximum absolute atomic E-state index is 12.7. The molecule has 1 aromatic heterocycles. The van der Waals surface area contributed by atoms with Crippen LogP contribution in [-0.2, 0) is 9.59 Å². The number of rotatable bonds is 5. The van der Waals surface area contributed by atoms with E-state index in [1.165, 1.54) is 6.08 Å². The number of nitrogens with one attached hydrogen (secondary N) is 1. The number of hydrogen-bond donors (Lipinski definition) is 1. The SMILES string of the molecule is Cc1cccc(NC(=O)CN2C(=O)SC(=Cc3ccc(-c4cc(Cl)ccc4Cl)o3)C2=O)c1. The number of carbonyl (C=O) groups is 3. The average molecular weight is 487 g/mol. The molecule has 162 valence electrons. The van der Waals surface area contributed by atoms with Crippen LogP contribution in [0.15, 0.2) is 63.9 Å². The Bertz CT molecular complexity index is 1270. The van der Waals surface area contributed by atoms with Gasteiger partial charge in [0.2, 0.25) is 5.91 Å². The predicted octanol–water partition coefficient (Wildman–Crippen LogP) is 6.24. The minimum atomic E-state index is -0.557. The molecule has 0 atom stereocenters. The number of imide groups is 1. The Morgan fingerprint density at radius 2 is 1.94 bits per heavy atom. The lowest BCUT2D eigenvalue weighted by molar-refractivity contribution is -0.127. The average Bonchev–Trinajstić information content (AvgIpc) is 3.30. The van der Waals surface area contributed by atoms with Crippen molar-refractivity contribution in [2.24, 2.45) is 0 Å². The molecular weight excluding hydrogens is 471 g/mol. The molecule has 32 heavy (non-hydrogen) atoms. The van der Waals surface area contributed by atoms with Crippen LogP contribution in [0.3, 0.4) is 0 Å². The summed E-state index contributed by atoms with van der Waals surface area (Å²) in [5, 5.41) is 3.14. The van der Waals surface area contributed by atoms with Gasteiger partial charge in [0.05, 0.1) is 9.93 Å². The van der Waals surface area contributed by atoms with Crippen molar-refractivity contribution >= 4 is 63.8 Å². The van der Waals surface area contributed by atoms with Crippen LogP contribution in [0.2, 0.25) is 10.0 Å². The van der Waals surface area contributed by atoms with Gasteiger partial charge in [0, 0.05) is 22.3 Å². The molecule has 9 heteroatoms. The quantitative estimate of drug-likeness (QED) is 0.431. The lowest BCUT2D eigenvalue weighted by Crippen LogP contribution is -2.36. The lowest BCUT2D eigenvalue weighted by atomic mass is 10.2. The smallest absolute Gasteiger partial charge is 0.294 e. The Hall–Kier alpha value is -3.00. The summed E-state index contributed by atoms with van der Waals surface area (Å²) in [6.45, 7) is 1.52. The monoisotopic (exact) mass is 486 g/mol. The lowest BCUT2D eigenvalue weighted by Gasteiger charge is -2.12. The number of thioether (sulfide) groups is 1. The third-order valence-electron chi connectivity index (χ3n) is 4.57. The molecule has 4 rings (SSSR count). The van der Waals surface area contributed by atoms with E-state index < -0.39 is 17.1 Å². The van der Waals surface area contributed by atoms with E-state index in [4.69, 9.17) is 27.6 Å². The zero-order chi connectivity index (χ0) is 22.8. The molecule has 1 fully saturated rings. The van der Waals surface area contributed by atoms with Crippen molar-refractivity contribution in [3.8, 4) is 11.3 Å². The number of furan rings is 1. The van der Waals surface area contributed by atoms with Crippen molar-refractivity contribution < 1.29 is 18.8 Å². The summed E-state index contributed by atoms with van der Waals surface area (Å²) in [6.07, 6.45) is 1.46. The summed E-state index contributed by atoms with van der Waals surface area (Å²) in [7, 11) is 0. The zero-order valence-corrected chi connectivity index (χ0v) is 19.1. The molecule has 3 aromatic rings. The largest absolute Gasteiger partial charge is 0.457 e. The third-order valence-corrected chi connectivity index (χ3v) is 6.04. The van der Waals surface area contributed by atoms with E-state index in [0.717, 1.165) is 22.2 Å². The summed E-state index contributed by atoms with van der Waals surface area (Å²) in [6, 6.07) is 15.6. The van der Waals surface area contributed by atoms with Crippen LogP contribution in [0.4, 0.5) is 10.5 Å². The Kier molecular flexibility index (Phi) is 6.41. The number of halogens is 2. The van der Waals surface area contributed by atoms with Gasteiger partial charge in [-0.3, -0.25) is 19.3 Å². The van der Waals surface area contributed by atoms with E-state index in [-0.39, 0.29) is 11.4 Å². The Morgan fingerprint density at radius 3 is 2.72 bits per heavy atom. The maximum atomic E-state index is 12.7. The Balaban J connectivity index is 1.47. The van der Waals surface area contributed by atoms with Crippen molar-refractivity contribution in [1.29, 1.82) is 0 Å². The molecular formula is C23H16Cl2N2O4S. The molecule has 1 saturated heterocycles. The van der Waals surface area contributed by atoms with E-state index in [9.17, 15) is 14.4 Å². The second kappa shape index (κ2) is 9.24. The topological polar surface area (TPSA) is 79.6 Å². The van der Waals surface area contributed by atoms with E-state index in [2.05, 4.69) is 5.32 Å². The molecule has 0 saturated carbocycles. The summed E-state index contributed by atoms with van der Waals surface area (Å²) >= 11 is 13.0. The first-order valence-electron chi connectivity index (χ1n) is 9.47. The predicted molar refractivity (Wildman–Crippen MR) is 127 cm³/mol. The normalized spacial score (nSPS) is 15.0. The van der Waals surface area contributed by atoms with Crippen LogP contribution in [-0.4, -0.2) is 28.5 Å². The molecule has 1 aliphatic rings. The van der Waals surface area contributed by atoms with Gasteiger partial charge in [-0.2, -0.15) is 0 Å². The van der Waals surface area contributed by atoms with Gasteiger partial charge in [0.1, 0.15) is 18.1 Å². The summed E-state index contributed by atoms with van der Waals surface area (Å²) in [4.78, 5) is 38.4. The summed E-state index contributed by atoms with van der Waals surface area (Å²) in [5.41, 5.74) is 2.19. The first-order chi connectivity index (χ1) is 15.3. The van der Waals surface area contributed by atoms with Crippen LogP contribution in [0.25, 0.3) is 17.4 Å². The maximum Gasteiger partial charge on any atom is 0.294 e. The molecule has 0 spiro atoms. The third kappa shape index (κ3) is 4.91. The van der Waals surface area contributed by atoms with Gasteiger partial charge in [-0.1, -0.05) is 35.3 Å². The van der Waals surface area contributed by atoms with Crippen molar-refractivity contribution in [2.75, 3.05) is 11.9 Å². The minimum Gasteiger partial charge on any atom is -0.457 e. The molecule has 2 heterocycles. The number of carbonyl (C=O) groups excluding carboxylic acids is 3. The Morgan fingerprint density at radius 1 is 1.12 bits per heavy atom. The number of aryl methyl sites for hydroxylation is 1. The molecule has 3 amide bonds. The summed E-state index contributed by atoms with van der Waals surface area (Å²) in [5.74, 6) is -0.181. The van der Waals surface area contributed by atoms with Gasteiger partial charge in [-0.15, -0.1) is 0 Å². The van der Waals surface area contributed by atoms with E-state index in [1.54, 1.807) is 42.5 Å². The van der Waals surface area contributed by atoms with Crippen molar-refractivity contribution in [2.45, 2.75) is 6.92 Å². The highest BCUT2D eigenvalue weighted by Gasteiger charge is 2.36. The standard InChI is InChI=1S/C23H16Cl2N2O4S/c1-13-3-2-4-15(9-13)26-21(28)12-27-22(29)20(32-23(27)30)11-16-6-8-19(31-16)17-10-14(24)5-7-18(17)25/h2-11H,12H2,1H3,(H,26,28). The minimum absolute atomic E-state index is 0.163. The highest BCUT2D eigenvalue weighted by atomic mass is 35.5. The van der Waals surface area contributed by atoms with Crippen molar-refractivity contribution in [3.63, 3.8) is 0 Å². The molecule has 0 radical (unpaired) electrons. The molecule has 1 N–H and O–H groups in total. The number of anilines is 1. The molecule has 0 bridgehead atoms. The fourth-order valence-corrected chi connectivity index (χ4v) is 4.30. The molecule has 2 aromatic carbocycles. The van der Waals surface area contributed by atoms with Gasteiger partial charge in [-0.25, -0.2) is 0 Å². The van der Waals surface area contributed by atoms with Crippen LogP contribution < -0.4 is 5.32 Å². The zero-order valence-electron chi connectivity index (χ0n) is 16.7. The van der Waals surface area contributed by atoms with Crippen molar-refractivity contribution in [3.05, 3.63) is 80.9 Å². The molecule has 1 aliphatic heterocycles. The van der Waals surface area contributed by atoms with Crippen LogP contribution >= 0.6 is 35.0 Å². The van der Waals surface area contributed by atoms with Gasteiger partial charge >= 0.3 is 0 Å². The summed E-state index contributed by atoms with van der Waals surface area (Å²) < 4.78 is 5.76. The van der Waals surface area contributed by atoms with Crippen LogP contribution in [0.1, 0.15) is 11.3 Å². The first-order valence-corrected chi connectivity index (χ1v) is 11.0. The number of hydrogen-bond acceptors (Lipinski definition) is 5. The highest BCUT2D eigenvalue weighted by Crippen LogP contribution is 2.35. The van der Waals surface area contributed by atoms with Gasteiger partial charge in [0.25, 0.3) is 11.1 Å². The second-order valence-electron chi connectivity index (χ2n) is 7.01. The number of amides is 3. The van der Waals surface area contributed by atoms with Crippen LogP contribution in [0, 0.1) is 6.92 Å². The fourth-order valence-electron chi connectivity index (χ4n) is 3.09. The fraction of sp³-hybridized carbons (Fsp3) is 0.0870. The van der Waals surface area contributed by atoms with E-state index in [1.807, 2.05) is 19.1 Å². The van der Waals surface area contributed by atoms with Gasteiger partial charge < -0.3 is 9.73 Å². The van der Waals surface area contributed by atoms with Gasteiger partial charge in [0.15, 0.2) is 0 Å². The van der Waals surface area contributed by atoms with E-state index in [0.29, 0.717) is 32.8 Å². The molecule has 6 nitrogen and oxygen atoms in total. The van der Waals surface area contributed by atoms with E-state index >= 15 is 0 Å². The number of benzene rings is 2. The van der Waals surface area contributed by atoms with Crippen molar-refractivity contribution in [1.82, 2.24) is 4.90 Å².